The number of nitrogens with one attached hydrogen (secondary N) is 2. The Bertz CT molecular complexity index is 663. The van der Waals surface area contributed by atoms with E-state index >= 15 is 0 Å². The zero-order valence-electron chi connectivity index (χ0n) is 13.7. The van der Waals surface area contributed by atoms with E-state index in [1.165, 1.54) is 5.56 Å². The Hall–Kier alpha value is -2.38. The van der Waals surface area contributed by atoms with Crippen LogP contribution in [0.5, 0.6) is 0 Å². The number of ether oxygens (including phenoxy) is 1. The number of benzene rings is 1. The summed E-state index contributed by atoms with van der Waals surface area (Å²) in [6.07, 6.45) is 0. The van der Waals surface area contributed by atoms with Crippen LogP contribution in [-0.4, -0.2) is 42.4 Å². The smallest absolute Gasteiger partial charge is 0.320 e. The predicted octanol–water partition coefficient (Wildman–Crippen LogP) is 2.14. The average Bonchev–Trinajstić information content (AvgIpc) is 3.00. The van der Waals surface area contributed by atoms with Gasteiger partial charge in [0.05, 0.1) is 13.2 Å². The van der Waals surface area contributed by atoms with Crippen molar-refractivity contribution >= 4 is 11.8 Å². The minimum absolute atomic E-state index is 0.305. The molecule has 1 saturated heterocycles. The second kappa shape index (κ2) is 7.94. The van der Waals surface area contributed by atoms with Crippen LogP contribution in [0.3, 0.4) is 0 Å². The third-order valence-electron chi connectivity index (χ3n) is 3.86. The summed E-state index contributed by atoms with van der Waals surface area (Å²) in [5.41, 5.74) is 2.32. The molecular formula is C17H22N4O3. The van der Waals surface area contributed by atoms with Crippen molar-refractivity contribution in [2.75, 3.05) is 31.6 Å². The molecule has 0 radical (unpaired) electrons. The molecule has 0 saturated carbocycles. The minimum atomic E-state index is -0.305. The van der Waals surface area contributed by atoms with E-state index < -0.39 is 0 Å². The highest BCUT2D eigenvalue weighted by Crippen LogP contribution is 2.10. The summed E-state index contributed by atoms with van der Waals surface area (Å²) < 4.78 is 10.3. The Morgan fingerprint density at radius 3 is 2.58 bits per heavy atom. The highest BCUT2D eigenvalue weighted by molar-refractivity contribution is 5.88. The van der Waals surface area contributed by atoms with Gasteiger partial charge in [0.2, 0.25) is 0 Å². The van der Waals surface area contributed by atoms with Crippen LogP contribution in [0, 0.1) is 6.92 Å². The van der Waals surface area contributed by atoms with Gasteiger partial charge in [-0.25, -0.2) is 4.79 Å². The largest absolute Gasteiger partial charge is 0.379 e. The van der Waals surface area contributed by atoms with Gasteiger partial charge in [-0.2, -0.15) is 0 Å². The molecule has 1 aliphatic rings. The molecule has 0 spiro atoms. The zero-order valence-corrected chi connectivity index (χ0v) is 13.7. The fraction of sp³-hybridized carbons (Fsp3) is 0.412. The van der Waals surface area contributed by atoms with Crippen LogP contribution in [-0.2, 0) is 17.8 Å². The third-order valence-corrected chi connectivity index (χ3v) is 3.86. The van der Waals surface area contributed by atoms with Gasteiger partial charge < -0.3 is 14.6 Å². The van der Waals surface area contributed by atoms with Gasteiger partial charge in [-0.05, 0) is 18.1 Å². The van der Waals surface area contributed by atoms with Crippen molar-refractivity contribution in [3.63, 3.8) is 0 Å². The molecule has 2 aromatic rings. The van der Waals surface area contributed by atoms with E-state index in [2.05, 4.69) is 32.8 Å². The van der Waals surface area contributed by atoms with Gasteiger partial charge in [-0.1, -0.05) is 29.4 Å². The molecule has 7 nitrogen and oxygen atoms in total. The maximum atomic E-state index is 11.8. The van der Waals surface area contributed by atoms with Crippen molar-refractivity contribution in [3.05, 3.63) is 47.2 Å². The van der Waals surface area contributed by atoms with Gasteiger partial charge in [0, 0.05) is 32.2 Å². The first-order valence-electron chi connectivity index (χ1n) is 8.05. The summed E-state index contributed by atoms with van der Waals surface area (Å²) in [7, 11) is 0. The third kappa shape index (κ3) is 4.81. The van der Waals surface area contributed by atoms with Crippen molar-refractivity contribution in [1.82, 2.24) is 15.4 Å². The van der Waals surface area contributed by atoms with E-state index in [1.807, 2.05) is 12.1 Å². The van der Waals surface area contributed by atoms with Crippen LogP contribution in [0.2, 0.25) is 0 Å². The molecule has 1 aliphatic heterocycles. The van der Waals surface area contributed by atoms with E-state index in [0.29, 0.717) is 18.1 Å². The number of rotatable bonds is 5. The number of morpholine rings is 1. The summed E-state index contributed by atoms with van der Waals surface area (Å²) >= 11 is 0. The monoisotopic (exact) mass is 330 g/mol. The van der Waals surface area contributed by atoms with Gasteiger partial charge in [-0.15, -0.1) is 0 Å². The van der Waals surface area contributed by atoms with E-state index in [0.717, 1.165) is 38.4 Å². The molecule has 7 heteroatoms. The second-order valence-electron chi connectivity index (χ2n) is 5.84. The number of aryl methyl sites for hydroxylation is 1. The van der Waals surface area contributed by atoms with Crippen molar-refractivity contribution in [3.8, 4) is 0 Å². The van der Waals surface area contributed by atoms with Crippen LogP contribution in [0.4, 0.5) is 10.6 Å². The summed E-state index contributed by atoms with van der Waals surface area (Å²) in [6, 6.07) is 9.64. The van der Waals surface area contributed by atoms with Crippen molar-refractivity contribution < 1.29 is 14.1 Å². The van der Waals surface area contributed by atoms with Crippen molar-refractivity contribution in [2.45, 2.75) is 20.0 Å². The molecule has 0 atom stereocenters. The summed E-state index contributed by atoms with van der Waals surface area (Å²) in [6.45, 7) is 6.73. The molecule has 1 fully saturated rings. The number of amides is 2. The molecule has 0 bridgehead atoms. The molecule has 3 rings (SSSR count). The van der Waals surface area contributed by atoms with Gasteiger partial charge >= 0.3 is 6.03 Å². The Balaban J connectivity index is 1.44. The number of carbonyl (C=O) groups is 1. The number of nitrogens with zero attached hydrogens (tertiary/aromatic N) is 2. The van der Waals surface area contributed by atoms with Crippen LogP contribution in [0.25, 0.3) is 0 Å². The number of urea groups is 1. The summed E-state index contributed by atoms with van der Waals surface area (Å²) in [5.74, 6) is 1.06. The molecular weight excluding hydrogens is 308 g/mol. The quantitative estimate of drug-likeness (QED) is 0.878. The van der Waals surface area contributed by atoms with E-state index in [9.17, 15) is 4.79 Å². The van der Waals surface area contributed by atoms with Crippen LogP contribution >= 0.6 is 0 Å². The van der Waals surface area contributed by atoms with E-state index in [1.54, 1.807) is 13.0 Å². The van der Waals surface area contributed by atoms with Crippen LogP contribution in [0.15, 0.2) is 34.9 Å². The minimum Gasteiger partial charge on any atom is -0.379 e. The fourth-order valence-electron chi connectivity index (χ4n) is 2.55. The number of carbonyl (C=O) groups excluding carboxylic acids is 1. The average molecular weight is 330 g/mol. The lowest BCUT2D eigenvalue weighted by Crippen LogP contribution is -2.35. The Morgan fingerprint density at radius 1 is 1.21 bits per heavy atom. The highest BCUT2D eigenvalue weighted by atomic mass is 16.5. The molecule has 2 heterocycles. The van der Waals surface area contributed by atoms with Gasteiger partial charge in [0.15, 0.2) is 5.82 Å². The maximum absolute atomic E-state index is 11.8. The van der Waals surface area contributed by atoms with Crippen molar-refractivity contribution in [2.24, 2.45) is 0 Å². The molecule has 2 amide bonds. The van der Waals surface area contributed by atoms with Gasteiger partial charge in [-0.3, -0.25) is 10.2 Å². The first-order chi connectivity index (χ1) is 11.7. The van der Waals surface area contributed by atoms with E-state index in [4.69, 9.17) is 9.26 Å². The molecule has 0 unspecified atom stereocenters. The van der Waals surface area contributed by atoms with Gasteiger partial charge in [0.1, 0.15) is 5.76 Å². The Kier molecular flexibility index (Phi) is 5.45. The predicted molar refractivity (Wildman–Crippen MR) is 89.6 cm³/mol. The number of anilines is 1. The van der Waals surface area contributed by atoms with Crippen LogP contribution in [0.1, 0.15) is 16.9 Å². The molecule has 24 heavy (non-hydrogen) atoms. The second-order valence-corrected chi connectivity index (χ2v) is 5.84. The highest BCUT2D eigenvalue weighted by Gasteiger charge is 2.10. The van der Waals surface area contributed by atoms with Gasteiger partial charge in [0.25, 0.3) is 0 Å². The molecule has 2 N–H and O–H groups in total. The molecule has 0 aliphatic carbocycles. The maximum Gasteiger partial charge on any atom is 0.320 e. The zero-order chi connectivity index (χ0) is 16.8. The van der Waals surface area contributed by atoms with Crippen molar-refractivity contribution in [1.29, 1.82) is 0 Å². The summed E-state index contributed by atoms with van der Waals surface area (Å²) in [4.78, 5) is 14.2. The number of hydrogen-bond donors (Lipinski definition) is 2. The first kappa shape index (κ1) is 16.5. The SMILES string of the molecule is Cc1cc(NC(=O)NCc2ccc(CN3CCOCC3)cc2)no1. The first-order valence-corrected chi connectivity index (χ1v) is 8.05. The Labute approximate surface area is 141 Å². The standard InChI is InChI=1S/C17H22N4O3/c1-13-10-16(20-24-13)19-17(22)18-11-14-2-4-15(5-3-14)12-21-6-8-23-9-7-21/h2-5,10H,6-9,11-12H2,1H3,(H2,18,19,20,22). The lowest BCUT2D eigenvalue weighted by molar-refractivity contribution is 0.0342. The lowest BCUT2D eigenvalue weighted by atomic mass is 10.1. The molecule has 128 valence electrons. The number of hydrogen-bond acceptors (Lipinski definition) is 5. The Morgan fingerprint density at radius 2 is 1.92 bits per heavy atom. The summed E-state index contributed by atoms with van der Waals surface area (Å²) in [5, 5.41) is 9.14. The number of aromatic nitrogens is 1. The van der Waals surface area contributed by atoms with Crippen LogP contribution < -0.4 is 10.6 Å². The topological polar surface area (TPSA) is 79.6 Å². The van der Waals surface area contributed by atoms with E-state index in [-0.39, 0.29) is 6.03 Å². The molecule has 1 aromatic heterocycles. The molecule has 1 aromatic carbocycles. The lowest BCUT2D eigenvalue weighted by Gasteiger charge is -2.26. The fourth-order valence-corrected chi connectivity index (χ4v) is 2.55. The normalized spacial score (nSPS) is 15.2.